The Hall–Kier alpha value is -2.04. The van der Waals surface area contributed by atoms with Crippen LogP contribution in [-0.4, -0.2) is 10.2 Å². The molecule has 2 rings (SSSR count). The first-order valence-corrected chi connectivity index (χ1v) is 4.16. The van der Waals surface area contributed by atoms with Gasteiger partial charge in [-0.15, -0.1) is 5.10 Å². The van der Waals surface area contributed by atoms with Gasteiger partial charge in [0.25, 0.3) is 0 Å². The number of nitrogens with zero attached hydrogens (tertiary/aromatic N) is 2. The van der Waals surface area contributed by atoms with Gasteiger partial charge < -0.3 is 4.74 Å². The number of benzene rings is 1. The van der Waals surface area contributed by atoms with Crippen molar-refractivity contribution in [2.24, 2.45) is 0 Å². The molecule has 0 amide bonds. The van der Waals surface area contributed by atoms with E-state index in [-0.39, 0.29) is 11.6 Å². The Kier molecular flexibility index (Phi) is 2.53. The standard InChI is InChI=1S/C10H6F2N2O/c11-7-3-4-9(8(12)6-7)15-10-2-1-5-13-14-10/h1-6H. The van der Waals surface area contributed by atoms with Crippen LogP contribution < -0.4 is 4.74 Å². The second kappa shape index (κ2) is 4.00. The van der Waals surface area contributed by atoms with Gasteiger partial charge in [0.1, 0.15) is 5.82 Å². The second-order valence-electron chi connectivity index (χ2n) is 2.74. The van der Waals surface area contributed by atoms with E-state index in [0.717, 1.165) is 12.1 Å². The van der Waals surface area contributed by atoms with E-state index in [2.05, 4.69) is 10.2 Å². The van der Waals surface area contributed by atoms with E-state index >= 15 is 0 Å². The monoisotopic (exact) mass is 208 g/mol. The maximum atomic E-state index is 13.1. The quantitative estimate of drug-likeness (QED) is 0.760. The lowest BCUT2D eigenvalue weighted by Gasteiger charge is -2.04. The summed E-state index contributed by atoms with van der Waals surface area (Å²) < 4.78 is 30.7. The Balaban J connectivity index is 2.25. The third kappa shape index (κ3) is 2.25. The molecule has 76 valence electrons. The van der Waals surface area contributed by atoms with E-state index < -0.39 is 11.6 Å². The summed E-state index contributed by atoms with van der Waals surface area (Å²) in [6.07, 6.45) is 1.47. The van der Waals surface area contributed by atoms with Crippen LogP contribution in [0.4, 0.5) is 8.78 Å². The van der Waals surface area contributed by atoms with Gasteiger partial charge in [-0.1, -0.05) is 0 Å². The van der Waals surface area contributed by atoms with Gasteiger partial charge in [0, 0.05) is 18.3 Å². The molecule has 3 nitrogen and oxygen atoms in total. The molecule has 15 heavy (non-hydrogen) atoms. The lowest BCUT2D eigenvalue weighted by molar-refractivity contribution is 0.418. The molecule has 0 bridgehead atoms. The normalized spacial score (nSPS) is 10.0. The van der Waals surface area contributed by atoms with Gasteiger partial charge in [0.15, 0.2) is 11.6 Å². The summed E-state index contributed by atoms with van der Waals surface area (Å²) in [6.45, 7) is 0. The Bertz CT molecular complexity index is 462. The Morgan fingerprint density at radius 3 is 2.67 bits per heavy atom. The lowest BCUT2D eigenvalue weighted by atomic mass is 10.3. The lowest BCUT2D eigenvalue weighted by Crippen LogP contribution is -1.92. The van der Waals surface area contributed by atoms with E-state index in [1.54, 1.807) is 6.07 Å². The number of hydrogen-bond donors (Lipinski definition) is 0. The van der Waals surface area contributed by atoms with Crippen LogP contribution in [0.1, 0.15) is 0 Å². The number of hydrogen-bond acceptors (Lipinski definition) is 3. The molecule has 5 heteroatoms. The Morgan fingerprint density at radius 1 is 1.13 bits per heavy atom. The summed E-state index contributed by atoms with van der Waals surface area (Å²) in [5.74, 6) is -1.36. The highest BCUT2D eigenvalue weighted by atomic mass is 19.1. The minimum absolute atomic E-state index is 0.0862. The third-order valence-electron chi connectivity index (χ3n) is 1.66. The van der Waals surface area contributed by atoms with Crippen LogP contribution in [0, 0.1) is 11.6 Å². The van der Waals surface area contributed by atoms with Crippen LogP contribution in [-0.2, 0) is 0 Å². The fourth-order valence-corrected chi connectivity index (χ4v) is 1.01. The van der Waals surface area contributed by atoms with Crippen molar-refractivity contribution in [2.45, 2.75) is 0 Å². The Morgan fingerprint density at radius 2 is 2.00 bits per heavy atom. The fraction of sp³-hybridized carbons (Fsp3) is 0. The first-order valence-electron chi connectivity index (χ1n) is 4.16. The molecular weight excluding hydrogens is 202 g/mol. The van der Waals surface area contributed by atoms with Crippen LogP contribution in [0.2, 0.25) is 0 Å². The van der Waals surface area contributed by atoms with E-state index in [9.17, 15) is 8.78 Å². The van der Waals surface area contributed by atoms with Crippen LogP contribution in [0.3, 0.4) is 0 Å². The topological polar surface area (TPSA) is 35.0 Å². The largest absolute Gasteiger partial charge is 0.434 e. The molecule has 0 aliphatic rings. The van der Waals surface area contributed by atoms with Gasteiger partial charge >= 0.3 is 0 Å². The molecule has 0 aliphatic heterocycles. The highest BCUT2D eigenvalue weighted by molar-refractivity contribution is 5.28. The fourth-order valence-electron chi connectivity index (χ4n) is 1.01. The summed E-state index contributed by atoms with van der Waals surface area (Å²) in [6, 6.07) is 6.17. The van der Waals surface area contributed by atoms with Gasteiger partial charge in [-0.2, -0.15) is 5.10 Å². The number of rotatable bonds is 2. The maximum absolute atomic E-state index is 13.1. The van der Waals surface area contributed by atoms with E-state index in [1.807, 2.05) is 0 Å². The van der Waals surface area contributed by atoms with Gasteiger partial charge in [-0.05, 0) is 18.2 Å². The van der Waals surface area contributed by atoms with Crippen LogP contribution in [0.5, 0.6) is 11.6 Å². The highest BCUT2D eigenvalue weighted by Crippen LogP contribution is 2.22. The van der Waals surface area contributed by atoms with E-state index in [4.69, 9.17) is 4.74 Å². The summed E-state index contributed by atoms with van der Waals surface area (Å²) in [5, 5.41) is 7.16. The summed E-state index contributed by atoms with van der Waals surface area (Å²) in [4.78, 5) is 0. The van der Waals surface area contributed by atoms with Crippen molar-refractivity contribution in [3.63, 3.8) is 0 Å². The average molecular weight is 208 g/mol. The summed E-state index contributed by atoms with van der Waals surface area (Å²) >= 11 is 0. The summed E-state index contributed by atoms with van der Waals surface area (Å²) in [5.41, 5.74) is 0. The average Bonchev–Trinajstić information content (AvgIpc) is 2.24. The van der Waals surface area contributed by atoms with Gasteiger partial charge in [0.2, 0.25) is 5.88 Å². The number of halogens is 2. The molecule has 0 saturated heterocycles. The van der Waals surface area contributed by atoms with Gasteiger partial charge in [-0.25, -0.2) is 8.78 Å². The van der Waals surface area contributed by atoms with Gasteiger partial charge in [0.05, 0.1) is 0 Å². The highest BCUT2D eigenvalue weighted by Gasteiger charge is 2.06. The maximum Gasteiger partial charge on any atom is 0.238 e. The predicted molar refractivity (Wildman–Crippen MR) is 48.5 cm³/mol. The Labute approximate surface area is 84.3 Å². The first-order chi connectivity index (χ1) is 7.25. The van der Waals surface area contributed by atoms with Crippen molar-refractivity contribution in [1.29, 1.82) is 0 Å². The molecule has 0 radical (unpaired) electrons. The molecular formula is C10H6F2N2O. The van der Waals surface area contributed by atoms with E-state index in [0.29, 0.717) is 0 Å². The van der Waals surface area contributed by atoms with Crippen LogP contribution >= 0.6 is 0 Å². The molecule has 1 aromatic heterocycles. The molecule has 0 aliphatic carbocycles. The van der Waals surface area contributed by atoms with Crippen LogP contribution in [0.25, 0.3) is 0 Å². The van der Waals surface area contributed by atoms with Crippen molar-refractivity contribution in [1.82, 2.24) is 10.2 Å². The van der Waals surface area contributed by atoms with Crippen molar-refractivity contribution < 1.29 is 13.5 Å². The van der Waals surface area contributed by atoms with Crippen molar-refractivity contribution >= 4 is 0 Å². The predicted octanol–water partition coefficient (Wildman–Crippen LogP) is 2.55. The third-order valence-corrected chi connectivity index (χ3v) is 1.66. The van der Waals surface area contributed by atoms with Crippen molar-refractivity contribution in [3.05, 3.63) is 48.2 Å². The molecule has 0 unspecified atom stereocenters. The molecule has 0 fully saturated rings. The zero-order chi connectivity index (χ0) is 10.7. The van der Waals surface area contributed by atoms with Crippen molar-refractivity contribution in [2.75, 3.05) is 0 Å². The van der Waals surface area contributed by atoms with Crippen LogP contribution in [0.15, 0.2) is 36.5 Å². The molecule has 1 heterocycles. The van der Waals surface area contributed by atoms with Gasteiger partial charge in [-0.3, -0.25) is 0 Å². The van der Waals surface area contributed by atoms with E-state index in [1.165, 1.54) is 18.3 Å². The zero-order valence-electron chi connectivity index (χ0n) is 7.52. The zero-order valence-corrected chi connectivity index (χ0v) is 7.52. The molecule has 0 spiro atoms. The SMILES string of the molecule is Fc1ccc(Oc2cccnn2)c(F)c1. The minimum atomic E-state index is -0.777. The second-order valence-corrected chi connectivity index (χ2v) is 2.74. The molecule has 0 saturated carbocycles. The van der Waals surface area contributed by atoms with Crippen molar-refractivity contribution in [3.8, 4) is 11.6 Å². The molecule has 2 aromatic rings. The summed E-state index contributed by atoms with van der Waals surface area (Å²) in [7, 11) is 0. The minimum Gasteiger partial charge on any atom is -0.434 e. The molecule has 1 aromatic carbocycles. The number of ether oxygens (including phenoxy) is 1. The first kappa shape index (κ1) is 9.51. The number of aromatic nitrogens is 2. The smallest absolute Gasteiger partial charge is 0.238 e. The molecule has 0 N–H and O–H groups in total. The molecule has 0 atom stereocenters.